The number of benzene rings is 4. The summed E-state index contributed by atoms with van der Waals surface area (Å²) in [5, 5.41) is -2.16. The fraction of sp³-hybridized carbons (Fsp3) is 0.214. The van der Waals surface area contributed by atoms with Gasteiger partial charge in [-0.2, -0.15) is 0 Å². The standard InChI is InChI=1S/C56H38B12N4/c57-49-53(61,65-49)25-29-5-1-9-33(21-29)45-37-13-15-39(69-37)46(34-10-2-6-30(22-34)26-54(62)50(58)66-54)41-17-19-43(71-41)48(36-12-4-8-32(24-36)28-56(64)52(60)68-56)44-20-18-42(72-44)47(40-16-14-38(45)70-40)35-11-3-7-31(23-35)27-55(63)51(59)67-55/h1-24,49-52,69-70H,25-28H2. The average Bonchev–Trinajstić information content (AvgIpc) is 4.05. The van der Waals surface area contributed by atoms with Gasteiger partial charge in [0.2, 0.25) is 0 Å². The van der Waals surface area contributed by atoms with Crippen LogP contribution in [0.25, 0.3) is 90.9 Å². The second-order valence-corrected chi connectivity index (χ2v) is 21.2. The Bertz CT molecular complexity index is 3480. The fourth-order valence-electron chi connectivity index (χ4n) is 11.0. The van der Waals surface area contributed by atoms with Gasteiger partial charge in [-0.15, -0.1) is 22.9 Å². The van der Waals surface area contributed by atoms with Crippen molar-refractivity contribution in [2.45, 2.75) is 69.4 Å². The normalized spacial score (nSPS) is 27.0. The molecule has 9 heterocycles. The topological polar surface area (TPSA) is 57.4 Å². The third-order valence-electron chi connectivity index (χ3n) is 15.7. The van der Waals surface area contributed by atoms with Gasteiger partial charge in [0, 0.05) is 44.3 Å². The van der Waals surface area contributed by atoms with Crippen LogP contribution < -0.4 is 0 Å². The predicted molar refractivity (Wildman–Crippen MR) is 310 cm³/mol. The van der Waals surface area contributed by atoms with Crippen molar-refractivity contribution in [1.82, 2.24) is 19.9 Å². The van der Waals surface area contributed by atoms with Gasteiger partial charge in [0.25, 0.3) is 0 Å². The highest BCUT2D eigenvalue weighted by Crippen LogP contribution is 2.56. The first-order valence-electron chi connectivity index (χ1n) is 24.8. The van der Waals surface area contributed by atoms with Gasteiger partial charge in [-0.25, -0.2) is 9.97 Å². The molecular weight excluding hydrogens is 858 g/mol. The Morgan fingerprint density at radius 3 is 0.903 bits per heavy atom. The number of rotatable bonds is 12. The van der Waals surface area contributed by atoms with Gasteiger partial charge in [-0.1, -0.05) is 118 Å². The molecule has 16 heteroatoms. The maximum atomic E-state index is 6.69. The van der Waals surface area contributed by atoms with Crippen molar-refractivity contribution in [3.63, 3.8) is 0 Å². The third-order valence-corrected chi connectivity index (χ3v) is 15.7. The van der Waals surface area contributed by atoms with E-state index in [2.05, 4.69) is 156 Å². The van der Waals surface area contributed by atoms with E-state index in [0.717, 1.165) is 112 Å². The summed E-state index contributed by atoms with van der Waals surface area (Å²) in [6.45, 7) is 0. The Morgan fingerprint density at radius 1 is 0.361 bits per heavy atom. The molecule has 13 rings (SSSR count). The maximum absolute atomic E-state index is 6.69. The summed E-state index contributed by atoms with van der Waals surface area (Å²) in [4.78, 5) is 18.9. The van der Waals surface area contributed by atoms with Gasteiger partial charge in [-0.3, -0.25) is 0 Å². The highest BCUT2D eigenvalue weighted by atomic mass is 14.8. The Balaban J connectivity index is 1.09. The van der Waals surface area contributed by atoms with Gasteiger partial charge in [0.15, 0.2) is 0 Å². The zero-order valence-corrected chi connectivity index (χ0v) is 39.8. The van der Waals surface area contributed by atoms with Crippen LogP contribution in [0.15, 0.2) is 121 Å². The highest BCUT2D eigenvalue weighted by molar-refractivity contribution is 6.79. The van der Waals surface area contributed by atoms with E-state index in [-0.39, 0.29) is 22.9 Å². The second-order valence-electron chi connectivity index (χ2n) is 21.2. The molecule has 6 aliphatic rings. The Kier molecular flexibility index (Phi) is 10.8. The quantitative estimate of drug-likeness (QED) is 0.120. The SMILES string of the molecule is [B]C1[B]C1([B])Cc1cccc(-c2c3nc(c(-c4cccc(CC5([B])[B]C5[B])c4)c4ccc([nH]4)c(-c4cccc(CC5([B])[B]C5[B])c4)c4ccc([nH]4)c(-c4cccc(CC5([B])[B]C5[B])c4)c4nc2C=C4)C=C3)c1. The van der Waals surface area contributed by atoms with E-state index in [1.54, 1.807) is 0 Å². The largest absolute Gasteiger partial charge is 0.354 e. The van der Waals surface area contributed by atoms with Crippen LogP contribution >= 0.6 is 0 Å². The second kappa shape index (κ2) is 16.9. The highest BCUT2D eigenvalue weighted by Gasteiger charge is 2.48. The predicted octanol–water partition coefficient (Wildman–Crippen LogP) is 9.16. The van der Waals surface area contributed by atoms with Crippen LogP contribution in [0, 0.1) is 0 Å². The molecule has 72 heavy (non-hydrogen) atoms. The Morgan fingerprint density at radius 2 is 0.611 bits per heavy atom. The van der Waals surface area contributed by atoms with Crippen molar-refractivity contribution in [3.05, 3.63) is 166 Å². The first-order chi connectivity index (χ1) is 34.6. The number of H-pyrrole nitrogens is 2. The van der Waals surface area contributed by atoms with E-state index in [0.29, 0.717) is 25.7 Å². The van der Waals surface area contributed by atoms with E-state index >= 15 is 0 Å². The van der Waals surface area contributed by atoms with Crippen LogP contribution in [-0.4, -0.2) is 112 Å². The molecule has 4 fully saturated rings. The third kappa shape index (κ3) is 8.47. The fourth-order valence-corrected chi connectivity index (χ4v) is 11.0. The molecule has 8 unspecified atom stereocenters. The number of nitrogens with one attached hydrogen (secondary N) is 2. The molecule has 4 nitrogen and oxygen atoms in total. The van der Waals surface area contributed by atoms with E-state index in [1.165, 1.54) is 0 Å². The number of hydrogen-bond acceptors (Lipinski definition) is 2. The van der Waals surface area contributed by atoms with Crippen LogP contribution in [0.5, 0.6) is 0 Å². The van der Waals surface area contributed by atoms with Crippen LogP contribution in [0.3, 0.4) is 0 Å². The van der Waals surface area contributed by atoms with Gasteiger partial charge >= 0.3 is 0 Å². The average molecular weight is 897 g/mol. The minimum Gasteiger partial charge on any atom is -0.354 e. The minimum atomic E-state index is -0.545. The van der Waals surface area contributed by atoms with Gasteiger partial charge in [0.05, 0.1) is 115 Å². The lowest BCUT2D eigenvalue weighted by Crippen LogP contribution is -2.01. The number of aromatic amines is 2. The number of aromatic nitrogens is 4. The van der Waals surface area contributed by atoms with Crippen molar-refractivity contribution in [1.29, 1.82) is 0 Å². The summed E-state index contributed by atoms with van der Waals surface area (Å²) in [6.07, 6.45) is 10.9. The van der Waals surface area contributed by atoms with Crippen molar-refractivity contribution in [2.75, 3.05) is 0 Å². The zero-order valence-electron chi connectivity index (χ0n) is 39.8. The van der Waals surface area contributed by atoms with Crippen LogP contribution in [0.1, 0.15) is 45.0 Å². The van der Waals surface area contributed by atoms with Gasteiger partial charge in [0.1, 0.15) is 0 Å². The lowest BCUT2D eigenvalue weighted by atomic mass is 9.67. The molecule has 8 atom stereocenters. The summed E-state index contributed by atoms with van der Waals surface area (Å²) in [5.41, 5.74) is 18.3. The smallest absolute Gasteiger partial charge is 0.0985 e. The minimum absolute atomic E-state index is 0.143. The lowest BCUT2D eigenvalue weighted by Gasteiger charge is -2.14. The molecule has 8 bridgehead atoms. The molecule has 0 spiro atoms. The number of nitrogens with zero attached hydrogens (tertiary/aromatic N) is 2. The first-order valence-corrected chi connectivity index (χ1v) is 24.8. The van der Waals surface area contributed by atoms with E-state index in [9.17, 15) is 0 Å². The molecule has 4 aromatic carbocycles. The Hall–Kier alpha value is -5.74. The number of hydrogen-bond donors (Lipinski definition) is 2. The molecule has 0 saturated carbocycles. The molecule has 6 aliphatic heterocycles. The molecule has 4 saturated heterocycles. The molecule has 0 amide bonds. The lowest BCUT2D eigenvalue weighted by molar-refractivity contribution is 0.901. The van der Waals surface area contributed by atoms with Crippen molar-refractivity contribution in [2.24, 2.45) is 0 Å². The van der Waals surface area contributed by atoms with Crippen LogP contribution in [0.4, 0.5) is 0 Å². The van der Waals surface area contributed by atoms with Gasteiger partial charge in [-0.05, 0) is 119 Å². The van der Waals surface area contributed by atoms with Crippen molar-refractivity contribution >= 4 is 138 Å². The monoisotopic (exact) mass is 898 g/mol. The first kappa shape index (κ1) is 46.1. The Labute approximate surface area is 436 Å². The summed E-state index contributed by atoms with van der Waals surface area (Å²) in [7, 11) is 59.9. The van der Waals surface area contributed by atoms with Gasteiger partial charge < -0.3 is 9.97 Å². The van der Waals surface area contributed by atoms with E-state index in [4.69, 9.17) is 72.7 Å². The number of fused-ring (bicyclic) bond motifs is 8. The van der Waals surface area contributed by atoms with E-state index < -0.39 is 20.9 Å². The summed E-state index contributed by atoms with van der Waals surface area (Å²) < 4.78 is 0. The summed E-state index contributed by atoms with van der Waals surface area (Å²) in [5.74, 6) is 0. The van der Waals surface area contributed by atoms with Crippen molar-refractivity contribution < 1.29 is 0 Å². The molecule has 2 N–H and O–H groups in total. The van der Waals surface area contributed by atoms with Crippen molar-refractivity contribution in [3.8, 4) is 44.5 Å². The molecule has 3 aromatic heterocycles. The van der Waals surface area contributed by atoms with Crippen LogP contribution in [0.2, 0.25) is 43.7 Å². The zero-order chi connectivity index (χ0) is 49.3. The molecule has 7 aromatic rings. The molecule has 0 aliphatic carbocycles. The molecular formula is C56H38B12N4. The van der Waals surface area contributed by atoms with E-state index in [1.807, 2.05) is 29.1 Å². The summed E-state index contributed by atoms with van der Waals surface area (Å²) in [6, 6.07) is 42.8. The molecule has 20 radical (unpaired) electrons. The summed E-state index contributed by atoms with van der Waals surface area (Å²) >= 11 is 0. The van der Waals surface area contributed by atoms with Crippen LogP contribution in [-0.2, 0) is 25.7 Å². The molecule has 318 valence electrons. The maximum Gasteiger partial charge on any atom is 0.0985 e.